The van der Waals surface area contributed by atoms with E-state index in [9.17, 15) is 0 Å². The Balaban J connectivity index is 1.96. The highest BCUT2D eigenvalue weighted by atomic mass is 32.1. The molecule has 2 aromatic heterocycles. The van der Waals surface area contributed by atoms with Crippen LogP contribution in [0.2, 0.25) is 0 Å². The lowest BCUT2D eigenvalue weighted by Crippen LogP contribution is -2.11. The van der Waals surface area contributed by atoms with E-state index in [1.807, 2.05) is 19.2 Å². The smallest absolute Gasteiger partial charge is 0.158 e. The first kappa shape index (κ1) is 16.1. The van der Waals surface area contributed by atoms with Gasteiger partial charge < -0.3 is 14.8 Å². The number of fused-ring (bicyclic) bond motifs is 1. The molecular formula is C15H23N3O2S. The van der Waals surface area contributed by atoms with Gasteiger partial charge in [-0.1, -0.05) is 6.92 Å². The highest BCUT2D eigenvalue weighted by Gasteiger charge is 2.08. The van der Waals surface area contributed by atoms with E-state index in [1.54, 1.807) is 11.3 Å². The van der Waals surface area contributed by atoms with Crippen molar-refractivity contribution in [1.29, 1.82) is 0 Å². The van der Waals surface area contributed by atoms with Gasteiger partial charge in [-0.05, 0) is 31.7 Å². The van der Waals surface area contributed by atoms with E-state index in [2.05, 4.69) is 28.3 Å². The Morgan fingerprint density at radius 3 is 2.90 bits per heavy atom. The topological polar surface area (TPSA) is 56.3 Å². The maximum atomic E-state index is 5.58. The van der Waals surface area contributed by atoms with Crippen molar-refractivity contribution in [1.82, 2.24) is 9.97 Å². The van der Waals surface area contributed by atoms with Crippen LogP contribution in [0, 0.1) is 0 Å². The van der Waals surface area contributed by atoms with Gasteiger partial charge in [-0.25, -0.2) is 9.97 Å². The van der Waals surface area contributed by atoms with Crippen molar-refractivity contribution < 1.29 is 9.47 Å². The van der Waals surface area contributed by atoms with Crippen molar-refractivity contribution in [3.63, 3.8) is 0 Å². The SMILES string of the molecule is CCCNc1nc(COCCOC(C)C)nc2sccc12. The van der Waals surface area contributed by atoms with E-state index < -0.39 is 0 Å². The zero-order valence-corrected chi connectivity index (χ0v) is 13.7. The van der Waals surface area contributed by atoms with E-state index in [0.717, 1.165) is 29.0 Å². The molecular weight excluding hydrogens is 286 g/mol. The number of thiophene rings is 1. The number of hydrogen-bond donors (Lipinski definition) is 1. The van der Waals surface area contributed by atoms with E-state index in [4.69, 9.17) is 9.47 Å². The first-order chi connectivity index (χ1) is 10.2. The van der Waals surface area contributed by atoms with Crippen LogP contribution in [-0.2, 0) is 16.1 Å². The number of nitrogens with one attached hydrogen (secondary N) is 1. The van der Waals surface area contributed by atoms with Gasteiger partial charge in [0.15, 0.2) is 5.82 Å². The predicted molar refractivity (Wildman–Crippen MR) is 86.9 cm³/mol. The summed E-state index contributed by atoms with van der Waals surface area (Å²) in [5, 5.41) is 6.48. The van der Waals surface area contributed by atoms with Crippen LogP contribution in [0.25, 0.3) is 10.2 Å². The molecule has 5 nitrogen and oxygen atoms in total. The second-order valence-corrected chi connectivity index (χ2v) is 5.92. The van der Waals surface area contributed by atoms with Crippen LogP contribution in [0.3, 0.4) is 0 Å². The Hall–Kier alpha value is -1.24. The normalized spacial score (nSPS) is 11.4. The summed E-state index contributed by atoms with van der Waals surface area (Å²) in [7, 11) is 0. The maximum absolute atomic E-state index is 5.58. The van der Waals surface area contributed by atoms with E-state index in [-0.39, 0.29) is 6.10 Å². The third-order valence-electron chi connectivity index (χ3n) is 2.82. The molecule has 2 aromatic rings. The molecule has 21 heavy (non-hydrogen) atoms. The minimum Gasteiger partial charge on any atom is -0.376 e. The van der Waals surface area contributed by atoms with E-state index >= 15 is 0 Å². The van der Waals surface area contributed by atoms with E-state index in [0.29, 0.717) is 25.6 Å². The number of nitrogens with zero attached hydrogens (tertiary/aromatic N) is 2. The van der Waals surface area contributed by atoms with Crippen LogP contribution < -0.4 is 5.32 Å². The molecule has 0 aliphatic rings. The van der Waals surface area contributed by atoms with Crippen molar-refractivity contribution in [2.24, 2.45) is 0 Å². The Bertz CT molecular complexity index is 557. The molecule has 0 amide bonds. The Morgan fingerprint density at radius 2 is 2.14 bits per heavy atom. The van der Waals surface area contributed by atoms with Gasteiger partial charge in [0.25, 0.3) is 0 Å². The Kier molecular flexibility index (Phi) is 6.35. The molecule has 0 saturated carbocycles. The summed E-state index contributed by atoms with van der Waals surface area (Å²) < 4.78 is 11.0. The largest absolute Gasteiger partial charge is 0.376 e. The van der Waals surface area contributed by atoms with Gasteiger partial charge in [0.05, 0.1) is 24.7 Å². The third-order valence-corrected chi connectivity index (χ3v) is 3.63. The molecule has 0 fully saturated rings. The molecule has 2 heterocycles. The van der Waals surface area contributed by atoms with Crippen molar-refractivity contribution in [3.05, 3.63) is 17.3 Å². The summed E-state index contributed by atoms with van der Waals surface area (Å²) in [5.74, 6) is 1.62. The van der Waals surface area contributed by atoms with Crippen LogP contribution >= 0.6 is 11.3 Å². The summed E-state index contributed by atoms with van der Waals surface area (Å²) in [4.78, 5) is 10.1. The molecule has 116 valence electrons. The number of rotatable bonds is 9. The van der Waals surface area contributed by atoms with E-state index in [1.165, 1.54) is 0 Å². The molecule has 0 aromatic carbocycles. The molecule has 0 unspecified atom stereocenters. The third kappa shape index (κ3) is 4.91. The fourth-order valence-electron chi connectivity index (χ4n) is 1.85. The summed E-state index contributed by atoms with van der Waals surface area (Å²) in [5.41, 5.74) is 0. The molecule has 0 radical (unpaired) electrons. The zero-order valence-electron chi connectivity index (χ0n) is 12.9. The molecule has 0 atom stereocenters. The number of aromatic nitrogens is 2. The van der Waals surface area contributed by atoms with Crippen molar-refractivity contribution in [2.45, 2.75) is 39.9 Å². The lowest BCUT2D eigenvalue weighted by molar-refractivity contribution is 0.0128. The molecule has 0 aliphatic heterocycles. The Morgan fingerprint density at radius 1 is 1.29 bits per heavy atom. The molecule has 2 rings (SSSR count). The monoisotopic (exact) mass is 309 g/mol. The summed E-state index contributed by atoms with van der Waals surface area (Å²) in [6.07, 6.45) is 1.30. The minimum atomic E-state index is 0.233. The van der Waals surface area contributed by atoms with Crippen LogP contribution in [0.15, 0.2) is 11.4 Å². The Labute approximate surface area is 129 Å². The lowest BCUT2D eigenvalue weighted by atomic mass is 10.3. The van der Waals surface area contributed by atoms with Gasteiger partial charge >= 0.3 is 0 Å². The molecule has 0 saturated heterocycles. The highest BCUT2D eigenvalue weighted by molar-refractivity contribution is 7.16. The molecule has 6 heteroatoms. The second-order valence-electron chi connectivity index (χ2n) is 5.03. The van der Waals surface area contributed by atoms with Crippen molar-refractivity contribution in [2.75, 3.05) is 25.1 Å². The number of hydrogen-bond acceptors (Lipinski definition) is 6. The highest BCUT2D eigenvalue weighted by Crippen LogP contribution is 2.25. The van der Waals surface area contributed by atoms with Crippen LogP contribution in [-0.4, -0.2) is 35.8 Å². The van der Waals surface area contributed by atoms with Crippen LogP contribution in [0.4, 0.5) is 5.82 Å². The van der Waals surface area contributed by atoms with Crippen molar-refractivity contribution >= 4 is 27.4 Å². The van der Waals surface area contributed by atoms with Gasteiger partial charge in [-0.15, -0.1) is 11.3 Å². The first-order valence-electron chi connectivity index (χ1n) is 7.38. The first-order valence-corrected chi connectivity index (χ1v) is 8.26. The molecule has 1 N–H and O–H groups in total. The van der Waals surface area contributed by atoms with Gasteiger partial charge in [-0.3, -0.25) is 0 Å². The summed E-state index contributed by atoms with van der Waals surface area (Å²) in [6.45, 7) is 8.64. The molecule has 0 spiro atoms. The van der Waals surface area contributed by atoms with Crippen molar-refractivity contribution in [3.8, 4) is 0 Å². The molecule has 0 bridgehead atoms. The van der Waals surface area contributed by atoms with Gasteiger partial charge in [0.1, 0.15) is 17.3 Å². The minimum absolute atomic E-state index is 0.233. The predicted octanol–water partition coefficient (Wildman–Crippen LogP) is 3.45. The molecule has 0 aliphatic carbocycles. The van der Waals surface area contributed by atoms with Gasteiger partial charge in [0.2, 0.25) is 0 Å². The lowest BCUT2D eigenvalue weighted by Gasteiger charge is -2.09. The average molecular weight is 309 g/mol. The standard InChI is InChI=1S/C15H23N3O2S/c1-4-6-16-14-12-5-9-21-15(12)18-13(17-14)10-19-7-8-20-11(2)3/h5,9,11H,4,6-8,10H2,1-3H3,(H,16,17,18). The fourth-order valence-corrected chi connectivity index (χ4v) is 2.63. The van der Waals surface area contributed by atoms with Crippen LogP contribution in [0.5, 0.6) is 0 Å². The van der Waals surface area contributed by atoms with Crippen LogP contribution in [0.1, 0.15) is 33.0 Å². The van der Waals surface area contributed by atoms with Gasteiger partial charge in [0, 0.05) is 6.54 Å². The number of ether oxygens (including phenoxy) is 2. The van der Waals surface area contributed by atoms with Gasteiger partial charge in [-0.2, -0.15) is 0 Å². The fraction of sp³-hybridized carbons (Fsp3) is 0.600. The summed E-state index contributed by atoms with van der Waals surface area (Å²) >= 11 is 1.63. The quantitative estimate of drug-likeness (QED) is 0.719. The average Bonchev–Trinajstić information content (AvgIpc) is 2.92. The summed E-state index contributed by atoms with van der Waals surface area (Å²) in [6, 6.07) is 2.05. The number of anilines is 1. The zero-order chi connectivity index (χ0) is 15.1. The maximum Gasteiger partial charge on any atom is 0.158 e. The second kappa shape index (κ2) is 8.26.